The molecule has 30 heavy (non-hydrogen) atoms. The molecule has 0 bridgehead atoms. The van der Waals surface area contributed by atoms with Crippen molar-refractivity contribution in [1.29, 1.82) is 0 Å². The van der Waals surface area contributed by atoms with Gasteiger partial charge in [0.05, 0.1) is 18.6 Å². The Hall–Kier alpha value is -2.53. The van der Waals surface area contributed by atoms with Gasteiger partial charge in [-0.05, 0) is 56.0 Å². The molecule has 2 aromatic rings. The molecule has 1 fully saturated rings. The van der Waals surface area contributed by atoms with E-state index in [1.54, 1.807) is 25.1 Å². The molecule has 0 saturated heterocycles. The fourth-order valence-electron chi connectivity index (χ4n) is 4.01. The zero-order chi connectivity index (χ0) is 21.6. The van der Waals surface area contributed by atoms with E-state index in [9.17, 15) is 9.59 Å². The third kappa shape index (κ3) is 4.62. The molecular formula is C24H28ClNO4. The molecule has 0 radical (unpaired) electrons. The first-order valence-corrected chi connectivity index (χ1v) is 10.9. The molecule has 1 aliphatic carbocycles. The topological polar surface area (TPSA) is 64.6 Å². The lowest BCUT2D eigenvalue weighted by molar-refractivity contribution is -0.121. The van der Waals surface area contributed by atoms with Crippen molar-refractivity contribution in [1.82, 2.24) is 0 Å². The SMILES string of the molecule is CCCOc1ccc(NC(=O)C2(c3ccccc3Cl)CCCC2)cc1C(=O)OCC. The standard InChI is InChI=1S/C24H28ClNO4/c1-3-15-30-21-12-11-17(16-18(21)22(27)29-4-2)26-23(28)24(13-7-8-14-24)19-9-5-6-10-20(19)25/h5-6,9-12,16H,3-4,7-8,13-15H2,1-2H3,(H,26,28). The van der Waals surface area contributed by atoms with Gasteiger partial charge in [0.1, 0.15) is 11.3 Å². The number of hydrogen-bond acceptors (Lipinski definition) is 4. The Balaban J connectivity index is 1.90. The number of halogens is 1. The van der Waals surface area contributed by atoms with Gasteiger partial charge in [-0.25, -0.2) is 4.79 Å². The van der Waals surface area contributed by atoms with Crippen LogP contribution in [-0.4, -0.2) is 25.1 Å². The highest BCUT2D eigenvalue weighted by molar-refractivity contribution is 6.32. The van der Waals surface area contributed by atoms with E-state index in [2.05, 4.69) is 5.32 Å². The molecule has 6 heteroatoms. The Morgan fingerprint density at radius 3 is 2.50 bits per heavy atom. The van der Waals surface area contributed by atoms with Gasteiger partial charge in [0, 0.05) is 10.7 Å². The minimum absolute atomic E-state index is 0.106. The van der Waals surface area contributed by atoms with Crippen LogP contribution in [0.15, 0.2) is 42.5 Å². The summed E-state index contributed by atoms with van der Waals surface area (Å²) < 4.78 is 10.9. The van der Waals surface area contributed by atoms with Crippen LogP contribution < -0.4 is 10.1 Å². The molecule has 160 valence electrons. The second-order valence-corrected chi connectivity index (χ2v) is 7.91. The second-order valence-electron chi connectivity index (χ2n) is 7.50. The van der Waals surface area contributed by atoms with Crippen LogP contribution in [0.3, 0.4) is 0 Å². The maximum atomic E-state index is 13.4. The molecule has 0 atom stereocenters. The number of nitrogens with one attached hydrogen (secondary N) is 1. The van der Waals surface area contributed by atoms with Crippen LogP contribution >= 0.6 is 11.6 Å². The Kier molecular flexibility index (Phi) is 7.38. The van der Waals surface area contributed by atoms with Gasteiger partial charge in [0.15, 0.2) is 0 Å². The monoisotopic (exact) mass is 429 g/mol. The highest BCUT2D eigenvalue weighted by Crippen LogP contribution is 2.44. The summed E-state index contributed by atoms with van der Waals surface area (Å²) in [5.74, 6) is -0.124. The summed E-state index contributed by atoms with van der Waals surface area (Å²) >= 11 is 6.45. The molecule has 0 spiro atoms. The van der Waals surface area contributed by atoms with E-state index in [1.807, 2.05) is 31.2 Å². The minimum Gasteiger partial charge on any atom is -0.493 e. The van der Waals surface area contributed by atoms with E-state index in [0.29, 0.717) is 28.6 Å². The van der Waals surface area contributed by atoms with Gasteiger partial charge in [0.25, 0.3) is 0 Å². The summed E-state index contributed by atoms with van der Waals surface area (Å²) in [7, 11) is 0. The quantitative estimate of drug-likeness (QED) is 0.542. The molecular weight excluding hydrogens is 402 g/mol. The van der Waals surface area contributed by atoms with E-state index in [4.69, 9.17) is 21.1 Å². The summed E-state index contributed by atoms with van der Waals surface area (Å²) in [4.78, 5) is 25.9. The van der Waals surface area contributed by atoms with E-state index in [-0.39, 0.29) is 12.5 Å². The van der Waals surface area contributed by atoms with Gasteiger partial charge < -0.3 is 14.8 Å². The van der Waals surface area contributed by atoms with Crippen molar-refractivity contribution in [3.63, 3.8) is 0 Å². The fourth-order valence-corrected chi connectivity index (χ4v) is 4.33. The molecule has 1 aliphatic rings. The number of hydrogen-bond donors (Lipinski definition) is 1. The lowest BCUT2D eigenvalue weighted by Crippen LogP contribution is -2.38. The first kappa shape index (κ1) is 22.2. The minimum atomic E-state index is -0.667. The summed E-state index contributed by atoms with van der Waals surface area (Å²) in [6.45, 7) is 4.50. The lowest BCUT2D eigenvalue weighted by Gasteiger charge is -2.29. The Labute approximate surface area is 182 Å². The number of benzene rings is 2. The van der Waals surface area contributed by atoms with E-state index < -0.39 is 11.4 Å². The Bertz CT molecular complexity index is 906. The van der Waals surface area contributed by atoms with Crippen LogP contribution in [0.4, 0.5) is 5.69 Å². The van der Waals surface area contributed by atoms with Crippen molar-refractivity contribution < 1.29 is 19.1 Å². The van der Waals surface area contributed by atoms with Gasteiger partial charge in [0.2, 0.25) is 5.91 Å². The average Bonchev–Trinajstić information content (AvgIpc) is 3.24. The predicted molar refractivity (Wildman–Crippen MR) is 118 cm³/mol. The first-order valence-electron chi connectivity index (χ1n) is 10.5. The van der Waals surface area contributed by atoms with Crippen LogP contribution in [0.25, 0.3) is 0 Å². The highest BCUT2D eigenvalue weighted by Gasteiger charge is 2.44. The van der Waals surface area contributed by atoms with Gasteiger partial charge in [-0.15, -0.1) is 0 Å². The molecule has 1 N–H and O–H groups in total. The Morgan fingerprint density at radius 2 is 1.83 bits per heavy atom. The molecule has 0 unspecified atom stereocenters. The van der Waals surface area contributed by atoms with Crippen LogP contribution in [-0.2, 0) is 14.9 Å². The van der Waals surface area contributed by atoms with Crippen LogP contribution in [0, 0.1) is 0 Å². The third-order valence-electron chi connectivity index (χ3n) is 5.48. The number of ether oxygens (including phenoxy) is 2. The van der Waals surface area contributed by atoms with Crippen LogP contribution in [0.5, 0.6) is 5.75 Å². The summed E-state index contributed by atoms with van der Waals surface area (Å²) in [5, 5.41) is 3.61. The second kappa shape index (κ2) is 9.98. The van der Waals surface area contributed by atoms with E-state index >= 15 is 0 Å². The van der Waals surface area contributed by atoms with Crippen molar-refractivity contribution in [2.75, 3.05) is 18.5 Å². The molecule has 0 heterocycles. The van der Waals surface area contributed by atoms with Gasteiger partial charge in [-0.3, -0.25) is 4.79 Å². The van der Waals surface area contributed by atoms with Crippen molar-refractivity contribution in [2.24, 2.45) is 0 Å². The zero-order valence-electron chi connectivity index (χ0n) is 17.5. The zero-order valence-corrected chi connectivity index (χ0v) is 18.3. The smallest absolute Gasteiger partial charge is 0.341 e. The molecule has 0 aliphatic heterocycles. The largest absolute Gasteiger partial charge is 0.493 e. The summed E-state index contributed by atoms with van der Waals surface area (Å²) in [6, 6.07) is 12.6. The normalized spacial score (nSPS) is 14.9. The van der Waals surface area contributed by atoms with Crippen molar-refractivity contribution >= 4 is 29.2 Å². The highest BCUT2D eigenvalue weighted by atomic mass is 35.5. The average molecular weight is 430 g/mol. The summed E-state index contributed by atoms with van der Waals surface area (Å²) in [6.07, 6.45) is 4.24. The number of rotatable bonds is 8. The van der Waals surface area contributed by atoms with Crippen molar-refractivity contribution in [3.8, 4) is 5.75 Å². The third-order valence-corrected chi connectivity index (χ3v) is 5.81. The number of anilines is 1. The number of carbonyl (C=O) groups is 2. The van der Waals surface area contributed by atoms with Crippen molar-refractivity contribution in [2.45, 2.75) is 51.4 Å². The Morgan fingerprint density at radius 1 is 1.10 bits per heavy atom. The molecule has 0 aromatic heterocycles. The lowest BCUT2D eigenvalue weighted by atomic mass is 9.78. The van der Waals surface area contributed by atoms with Gasteiger partial charge >= 0.3 is 5.97 Å². The van der Waals surface area contributed by atoms with Crippen LogP contribution in [0.1, 0.15) is 61.9 Å². The molecule has 1 saturated carbocycles. The first-order chi connectivity index (χ1) is 14.5. The molecule has 2 aromatic carbocycles. The predicted octanol–water partition coefficient (Wildman–Crippen LogP) is 5.76. The van der Waals surface area contributed by atoms with Gasteiger partial charge in [-0.1, -0.05) is 49.6 Å². The molecule has 5 nitrogen and oxygen atoms in total. The molecule has 3 rings (SSSR count). The van der Waals surface area contributed by atoms with Crippen molar-refractivity contribution in [3.05, 3.63) is 58.6 Å². The van der Waals surface area contributed by atoms with E-state index in [0.717, 1.165) is 37.7 Å². The number of esters is 1. The van der Waals surface area contributed by atoms with Crippen LogP contribution in [0.2, 0.25) is 5.02 Å². The molecule has 1 amide bonds. The fraction of sp³-hybridized carbons (Fsp3) is 0.417. The maximum absolute atomic E-state index is 13.4. The summed E-state index contributed by atoms with van der Waals surface area (Å²) in [5.41, 5.74) is 1.03. The van der Waals surface area contributed by atoms with E-state index in [1.165, 1.54) is 0 Å². The van der Waals surface area contributed by atoms with Gasteiger partial charge in [-0.2, -0.15) is 0 Å². The maximum Gasteiger partial charge on any atom is 0.341 e. The number of carbonyl (C=O) groups excluding carboxylic acids is 2. The number of amides is 1.